The van der Waals surface area contributed by atoms with E-state index in [2.05, 4.69) is 43.8 Å². The minimum atomic E-state index is 0. The van der Waals surface area contributed by atoms with Crippen molar-refractivity contribution in [2.24, 2.45) is 16.8 Å². The Morgan fingerprint density at radius 1 is 0.906 bits per heavy atom. The molecule has 186 valence electrons. The van der Waals surface area contributed by atoms with Crippen molar-refractivity contribution in [1.82, 2.24) is 24.9 Å². The first-order valence-electron chi connectivity index (χ1n) is 12.7. The van der Waals surface area contributed by atoms with E-state index in [4.69, 9.17) is 0 Å². The average molecular weight is 563 g/mol. The van der Waals surface area contributed by atoms with E-state index in [9.17, 15) is 4.79 Å². The number of amides is 1. The Hall–Kier alpha value is -0.610. The Balaban J connectivity index is 0.00000363. The molecule has 0 aromatic heterocycles. The molecule has 0 bridgehead atoms. The molecule has 1 N–H and O–H groups in total. The molecule has 3 aliphatic rings. The number of nitrogens with zero attached hydrogens (tertiary/aromatic N) is 5. The highest BCUT2D eigenvalue weighted by molar-refractivity contribution is 14.0. The quantitative estimate of drug-likeness (QED) is 0.307. The van der Waals surface area contributed by atoms with Crippen LogP contribution in [0, 0.1) is 11.8 Å². The summed E-state index contributed by atoms with van der Waals surface area (Å²) in [5.74, 6) is 2.79. The predicted octanol–water partition coefficient (Wildman–Crippen LogP) is 2.57. The monoisotopic (exact) mass is 562 g/mol. The molecule has 32 heavy (non-hydrogen) atoms. The number of hydrogen-bond donors (Lipinski definition) is 1. The van der Waals surface area contributed by atoms with Crippen LogP contribution in [0.2, 0.25) is 0 Å². The van der Waals surface area contributed by atoms with Crippen LogP contribution in [0.15, 0.2) is 4.99 Å². The number of likely N-dealkylation sites (tertiary alicyclic amines) is 2. The number of guanidine groups is 1. The van der Waals surface area contributed by atoms with Crippen molar-refractivity contribution in [3.05, 3.63) is 0 Å². The second-order valence-corrected chi connectivity index (χ2v) is 10.1. The number of carbonyl (C=O) groups excluding carboxylic acids is 1. The van der Waals surface area contributed by atoms with Crippen LogP contribution < -0.4 is 5.32 Å². The Labute approximate surface area is 213 Å². The van der Waals surface area contributed by atoms with Gasteiger partial charge in [-0.3, -0.25) is 14.7 Å². The van der Waals surface area contributed by atoms with Crippen LogP contribution in [0.4, 0.5) is 0 Å². The summed E-state index contributed by atoms with van der Waals surface area (Å²) < 4.78 is 0. The van der Waals surface area contributed by atoms with Crippen LogP contribution >= 0.6 is 24.0 Å². The summed E-state index contributed by atoms with van der Waals surface area (Å²) in [6, 6.07) is 0. The molecule has 3 aliphatic heterocycles. The van der Waals surface area contributed by atoms with E-state index in [0.717, 1.165) is 70.5 Å². The summed E-state index contributed by atoms with van der Waals surface area (Å²) in [5.41, 5.74) is 0. The third-order valence-corrected chi connectivity index (χ3v) is 6.98. The lowest BCUT2D eigenvalue weighted by atomic mass is 9.97. The Kier molecular flexibility index (Phi) is 12.6. The third kappa shape index (κ3) is 8.97. The van der Waals surface area contributed by atoms with Crippen molar-refractivity contribution in [3.8, 4) is 0 Å². The van der Waals surface area contributed by atoms with Gasteiger partial charge >= 0.3 is 0 Å². The Bertz CT molecular complexity index is 571. The molecule has 0 aromatic carbocycles. The zero-order chi connectivity index (χ0) is 22.1. The maximum atomic E-state index is 12.7. The predicted molar refractivity (Wildman–Crippen MR) is 144 cm³/mol. The second kappa shape index (κ2) is 14.6. The van der Waals surface area contributed by atoms with Crippen molar-refractivity contribution in [2.45, 2.75) is 52.4 Å². The van der Waals surface area contributed by atoms with Gasteiger partial charge in [-0.15, -0.1) is 24.0 Å². The molecule has 3 saturated heterocycles. The van der Waals surface area contributed by atoms with Gasteiger partial charge < -0.3 is 20.0 Å². The van der Waals surface area contributed by atoms with Gasteiger partial charge in [0.25, 0.3) is 0 Å². The summed E-state index contributed by atoms with van der Waals surface area (Å²) in [5, 5.41) is 3.65. The lowest BCUT2D eigenvalue weighted by Gasteiger charge is -2.38. The number of aliphatic imine (C=N–C) groups is 1. The summed E-state index contributed by atoms with van der Waals surface area (Å²) in [6.07, 6.45) is 7.48. The van der Waals surface area contributed by atoms with E-state index in [1.54, 1.807) is 0 Å². The van der Waals surface area contributed by atoms with Gasteiger partial charge in [0.15, 0.2) is 5.96 Å². The van der Waals surface area contributed by atoms with Crippen LogP contribution in [0.5, 0.6) is 0 Å². The van der Waals surface area contributed by atoms with Gasteiger partial charge in [-0.1, -0.05) is 26.7 Å². The molecule has 1 atom stereocenters. The standard InChI is InChI=1S/C24H46N6O.HI/c1-21(2)18-28-10-8-9-22(19-28)17-26-24(25-3)30-15-13-27(14-16-30)20-23(31)29-11-6-4-5-7-12-29;/h21-22H,4-20H2,1-3H3,(H,25,26);1H. The number of piperazine rings is 1. The molecule has 1 amide bonds. The van der Waals surface area contributed by atoms with Crippen LogP contribution in [-0.4, -0.2) is 111 Å². The maximum absolute atomic E-state index is 12.7. The fourth-order valence-corrected chi connectivity index (χ4v) is 5.30. The molecular weight excluding hydrogens is 515 g/mol. The third-order valence-electron chi connectivity index (χ3n) is 6.98. The minimum Gasteiger partial charge on any atom is -0.356 e. The molecule has 3 rings (SSSR count). The van der Waals surface area contributed by atoms with Gasteiger partial charge in [-0.2, -0.15) is 0 Å². The SMILES string of the molecule is CN=C(NCC1CCCN(CC(C)C)C1)N1CCN(CC(=O)N2CCCCCC2)CC1.I. The normalized spacial score (nSPS) is 24.2. The van der Waals surface area contributed by atoms with Crippen molar-refractivity contribution in [1.29, 1.82) is 0 Å². The molecule has 3 fully saturated rings. The van der Waals surface area contributed by atoms with E-state index in [1.165, 1.54) is 45.3 Å². The molecule has 7 nitrogen and oxygen atoms in total. The zero-order valence-electron chi connectivity index (χ0n) is 20.7. The van der Waals surface area contributed by atoms with Gasteiger partial charge in [0, 0.05) is 66.0 Å². The molecule has 8 heteroatoms. The lowest BCUT2D eigenvalue weighted by Crippen LogP contribution is -2.55. The number of piperidine rings is 1. The first-order valence-corrected chi connectivity index (χ1v) is 12.7. The van der Waals surface area contributed by atoms with Crippen LogP contribution in [0.3, 0.4) is 0 Å². The molecular formula is C24H47IN6O. The van der Waals surface area contributed by atoms with Crippen molar-refractivity contribution in [2.75, 3.05) is 79.0 Å². The van der Waals surface area contributed by atoms with E-state index in [0.29, 0.717) is 18.4 Å². The van der Waals surface area contributed by atoms with Gasteiger partial charge in [0.2, 0.25) is 5.91 Å². The fourth-order valence-electron chi connectivity index (χ4n) is 5.30. The fraction of sp³-hybridized carbons (Fsp3) is 0.917. The van der Waals surface area contributed by atoms with Crippen LogP contribution in [0.1, 0.15) is 52.4 Å². The number of hydrogen-bond acceptors (Lipinski definition) is 4. The summed E-state index contributed by atoms with van der Waals surface area (Å²) in [6.45, 7) is 15.5. The number of nitrogens with one attached hydrogen (secondary N) is 1. The van der Waals surface area contributed by atoms with Crippen molar-refractivity contribution >= 4 is 35.8 Å². The van der Waals surface area contributed by atoms with E-state index >= 15 is 0 Å². The molecule has 0 aromatic rings. The Morgan fingerprint density at radius 3 is 2.22 bits per heavy atom. The first kappa shape index (κ1) is 27.6. The molecule has 3 heterocycles. The van der Waals surface area contributed by atoms with Crippen molar-refractivity contribution < 1.29 is 4.79 Å². The van der Waals surface area contributed by atoms with Gasteiger partial charge in [-0.05, 0) is 44.1 Å². The largest absolute Gasteiger partial charge is 0.356 e. The number of halogens is 1. The summed E-state index contributed by atoms with van der Waals surface area (Å²) in [4.78, 5) is 26.7. The Morgan fingerprint density at radius 2 is 1.59 bits per heavy atom. The van der Waals surface area contributed by atoms with Crippen LogP contribution in [-0.2, 0) is 4.79 Å². The van der Waals surface area contributed by atoms with E-state index < -0.39 is 0 Å². The molecule has 0 saturated carbocycles. The zero-order valence-corrected chi connectivity index (χ0v) is 23.1. The lowest BCUT2D eigenvalue weighted by molar-refractivity contribution is -0.132. The summed E-state index contributed by atoms with van der Waals surface area (Å²) >= 11 is 0. The average Bonchev–Trinajstić information content (AvgIpc) is 3.05. The first-order chi connectivity index (χ1) is 15.0. The molecule has 1 unspecified atom stereocenters. The van der Waals surface area contributed by atoms with Gasteiger partial charge in [-0.25, -0.2) is 0 Å². The molecule has 0 aliphatic carbocycles. The topological polar surface area (TPSA) is 54.4 Å². The van der Waals surface area contributed by atoms with Gasteiger partial charge in [0.05, 0.1) is 6.54 Å². The highest BCUT2D eigenvalue weighted by Crippen LogP contribution is 2.17. The number of rotatable bonds is 6. The smallest absolute Gasteiger partial charge is 0.236 e. The highest BCUT2D eigenvalue weighted by Gasteiger charge is 2.25. The van der Waals surface area contributed by atoms with E-state index in [-0.39, 0.29) is 24.0 Å². The van der Waals surface area contributed by atoms with Crippen LogP contribution in [0.25, 0.3) is 0 Å². The highest BCUT2D eigenvalue weighted by atomic mass is 127. The summed E-state index contributed by atoms with van der Waals surface area (Å²) in [7, 11) is 1.89. The van der Waals surface area contributed by atoms with Crippen molar-refractivity contribution in [3.63, 3.8) is 0 Å². The second-order valence-electron chi connectivity index (χ2n) is 10.1. The minimum absolute atomic E-state index is 0. The number of carbonyl (C=O) groups is 1. The van der Waals surface area contributed by atoms with Gasteiger partial charge in [0.1, 0.15) is 0 Å². The maximum Gasteiger partial charge on any atom is 0.236 e. The molecule has 0 radical (unpaired) electrons. The van der Waals surface area contributed by atoms with E-state index in [1.807, 2.05) is 7.05 Å². The molecule has 0 spiro atoms.